The molecule has 0 aliphatic carbocycles. The summed E-state index contributed by atoms with van der Waals surface area (Å²) in [5.41, 5.74) is 0. The Morgan fingerprint density at radius 3 is 2.37 bits per heavy atom. The lowest BCUT2D eigenvalue weighted by Gasteiger charge is -2.09. The third-order valence-corrected chi connectivity index (χ3v) is 3.25. The monoisotopic (exact) mass is 316 g/mol. The van der Waals surface area contributed by atoms with Crippen molar-refractivity contribution in [2.45, 2.75) is 19.8 Å². The summed E-state index contributed by atoms with van der Waals surface area (Å²) in [7, 11) is 0. The zero-order valence-electron chi connectivity index (χ0n) is 10.3. The number of benzene rings is 1. The predicted octanol–water partition coefficient (Wildman–Crippen LogP) is 5.35. The number of ether oxygens (including phenoxy) is 1. The van der Waals surface area contributed by atoms with Crippen molar-refractivity contribution in [2.75, 3.05) is 0 Å². The van der Waals surface area contributed by atoms with E-state index in [4.69, 9.17) is 39.5 Å². The number of hydrogen-bond acceptors (Lipinski definition) is 3. The Labute approximate surface area is 126 Å². The summed E-state index contributed by atoms with van der Waals surface area (Å²) in [6.07, 6.45) is 0. The molecule has 0 fully saturated rings. The Bertz CT molecular complexity index is 602. The highest BCUT2D eigenvalue weighted by Gasteiger charge is 2.09. The van der Waals surface area contributed by atoms with Crippen LogP contribution < -0.4 is 4.74 Å². The molecule has 0 bridgehead atoms. The SMILES string of the molecule is CC(C)c1nc(Cl)cc(Oc2ccc(Cl)c(Cl)c2)n1. The molecule has 0 saturated carbocycles. The molecule has 100 valence electrons. The topological polar surface area (TPSA) is 35.0 Å². The second kappa shape index (κ2) is 5.95. The summed E-state index contributed by atoms with van der Waals surface area (Å²) >= 11 is 17.7. The van der Waals surface area contributed by atoms with E-state index in [1.807, 2.05) is 13.8 Å². The minimum absolute atomic E-state index is 0.162. The zero-order valence-corrected chi connectivity index (χ0v) is 12.6. The van der Waals surface area contributed by atoms with Gasteiger partial charge in [-0.2, -0.15) is 4.98 Å². The van der Waals surface area contributed by atoms with Gasteiger partial charge in [0.1, 0.15) is 16.7 Å². The lowest BCUT2D eigenvalue weighted by Crippen LogP contribution is -1.99. The van der Waals surface area contributed by atoms with Gasteiger partial charge in [-0.1, -0.05) is 48.7 Å². The van der Waals surface area contributed by atoms with Crippen LogP contribution in [0.4, 0.5) is 0 Å². The van der Waals surface area contributed by atoms with Crippen molar-refractivity contribution in [2.24, 2.45) is 0 Å². The second-order valence-electron chi connectivity index (χ2n) is 4.22. The number of rotatable bonds is 3. The highest BCUT2D eigenvalue weighted by Crippen LogP contribution is 2.29. The molecule has 2 rings (SSSR count). The Hall–Kier alpha value is -1.03. The van der Waals surface area contributed by atoms with E-state index in [9.17, 15) is 0 Å². The molecule has 1 aromatic heterocycles. The predicted molar refractivity (Wildman–Crippen MR) is 77.7 cm³/mol. The van der Waals surface area contributed by atoms with Gasteiger partial charge in [0.25, 0.3) is 0 Å². The molecule has 0 saturated heterocycles. The van der Waals surface area contributed by atoms with Crippen molar-refractivity contribution in [3.8, 4) is 11.6 Å². The summed E-state index contributed by atoms with van der Waals surface area (Å²) in [4.78, 5) is 8.42. The number of halogens is 3. The molecule has 0 radical (unpaired) electrons. The highest BCUT2D eigenvalue weighted by atomic mass is 35.5. The van der Waals surface area contributed by atoms with Crippen molar-refractivity contribution in [3.05, 3.63) is 45.3 Å². The first-order chi connectivity index (χ1) is 8.95. The molecule has 0 spiro atoms. The summed E-state index contributed by atoms with van der Waals surface area (Å²) in [6, 6.07) is 6.54. The minimum atomic E-state index is 0.162. The summed E-state index contributed by atoms with van der Waals surface area (Å²) in [6.45, 7) is 3.96. The molecule has 0 aliphatic rings. The van der Waals surface area contributed by atoms with Crippen molar-refractivity contribution in [3.63, 3.8) is 0 Å². The van der Waals surface area contributed by atoms with Gasteiger partial charge in [-0.25, -0.2) is 4.98 Å². The molecule has 2 aromatic rings. The van der Waals surface area contributed by atoms with E-state index in [2.05, 4.69) is 9.97 Å². The largest absolute Gasteiger partial charge is 0.439 e. The van der Waals surface area contributed by atoms with E-state index in [1.165, 1.54) is 0 Å². The van der Waals surface area contributed by atoms with Gasteiger partial charge in [-0.05, 0) is 12.1 Å². The van der Waals surface area contributed by atoms with E-state index in [0.717, 1.165) is 0 Å². The van der Waals surface area contributed by atoms with E-state index in [-0.39, 0.29) is 5.92 Å². The molecule has 6 heteroatoms. The molecule has 19 heavy (non-hydrogen) atoms. The van der Waals surface area contributed by atoms with Crippen LogP contribution >= 0.6 is 34.8 Å². The molecule has 0 unspecified atom stereocenters. The van der Waals surface area contributed by atoms with Crippen LogP contribution in [0.3, 0.4) is 0 Å². The van der Waals surface area contributed by atoms with Crippen molar-refractivity contribution >= 4 is 34.8 Å². The second-order valence-corrected chi connectivity index (χ2v) is 5.42. The molecule has 1 aromatic carbocycles. The van der Waals surface area contributed by atoms with Gasteiger partial charge in [0.05, 0.1) is 10.0 Å². The highest BCUT2D eigenvalue weighted by molar-refractivity contribution is 6.42. The lowest BCUT2D eigenvalue weighted by molar-refractivity contribution is 0.457. The van der Waals surface area contributed by atoms with Crippen molar-refractivity contribution < 1.29 is 4.74 Å². The van der Waals surface area contributed by atoms with Gasteiger partial charge in [-0.15, -0.1) is 0 Å². The first kappa shape index (κ1) is 14.4. The van der Waals surface area contributed by atoms with Crippen LogP contribution in [-0.2, 0) is 0 Å². The molecule has 1 heterocycles. The third kappa shape index (κ3) is 3.72. The van der Waals surface area contributed by atoms with Crippen LogP contribution in [-0.4, -0.2) is 9.97 Å². The smallest absolute Gasteiger partial charge is 0.224 e. The third-order valence-electron chi connectivity index (χ3n) is 2.32. The average molecular weight is 318 g/mol. The van der Waals surface area contributed by atoms with Crippen LogP contribution in [0.5, 0.6) is 11.6 Å². The standard InChI is InChI=1S/C13H11Cl3N2O/c1-7(2)13-17-11(16)6-12(18-13)19-8-3-4-9(14)10(15)5-8/h3-7H,1-2H3. The van der Waals surface area contributed by atoms with Gasteiger partial charge in [0.2, 0.25) is 5.88 Å². The molecule has 3 nitrogen and oxygen atoms in total. The van der Waals surface area contributed by atoms with Crippen LogP contribution in [0.25, 0.3) is 0 Å². The fourth-order valence-corrected chi connectivity index (χ4v) is 1.85. The summed E-state index contributed by atoms with van der Waals surface area (Å²) in [5.74, 6) is 1.71. The Morgan fingerprint density at radius 2 is 1.74 bits per heavy atom. The van der Waals surface area contributed by atoms with E-state index in [0.29, 0.717) is 32.7 Å². The van der Waals surface area contributed by atoms with E-state index < -0.39 is 0 Å². The quantitative estimate of drug-likeness (QED) is 0.715. The maximum atomic E-state index is 5.94. The van der Waals surface area contributed by atoms with Crippen molar-refractivity contribution in [1.29, 1.82) is 0 Å². The van der Waals surface area contributed by atoms with Crippen LogP contribution in [0.1, 0.15) is 25.6 Å². The number of aromatic nitrogens is 2. The number of nitrogens with zero attached hydrogens (tertiary/aromatic N) is 2. The minimum Gasteiger partial charge on any atom is -0.439 e. The van der Waals surface area contributed by atoms with E-state index >= 15 is 0 Å². The van der Waals surface area contributed by atoms with Gasteiger partial charge < -0.3 is 4.74 Å². The van der Waals surface area contributed by atoms with Gasteiger partial charge in [-0.3, -0.25) is 0 Å². The molecule has 0 N–H and O–H groups in total. The van der Waals surface area contributed by atoms with Gasteiger partial charge >= 0.3 is 0 Å². The molecule has 0 atom stereocenters. The van der Waals surface area contributed by atoms with Crippen LogP contribution in [0.2, 0.25) is 15.2 Å². The Kier molecular flexibility index (Phi) is 4.50. The lowest BCUT2D eigenvalue weighted by atomic mass is 10.2. The van der Waals surface area contributed by atoms with Gasteiger partial charge in [0.15, 0.2) is 0 Å². The maximum absolute atomic E-state index is 5.94. The van der Waals surface area contributed by atoms with Crippen molar-refractivity contribution in [1.82, 2.24) is 9.97 Å². The number of hydrogen-bond donors (Lipinski definition) is 0. The summed E-state index contributed by atoms with van der Waals surface area (Å²) in [5, 5.41) is 1.23. The average Bonchev–Trinajstić information content (AvgIpc) is 2.33. The molecular weight excluding hydrogens is 307 g/mol. The molecule has 0 aliphatic heterocycles. The fraction of sp³-hybridized carbons (Fsp3) is 0.231. The Balaban J connectivity index is 2.29. The van der Waals surface area contributed by atoms with Crippen LogP contribution in [0, 0.1) is 0 Å². The van der Waals surface area contributed by atoms with Gasteiger partial charge in [0, 0.05) is 18.1 Å². The fourth-order valence-electron chi connectivity index (χ4n) is 1.39. The normalized spacial score (nSPS) is 10.8. The molecule has 0 amide bonds. The maximum Gasteiger partial charge on any atom is 0.224 e. The first-order valence-electron chi connectivity index (χ1n) is 5.63. The summed E-state index contributed by atoms with van der Waals surface area (Å²) < 4.78 is 5.61. The molecular formula is C13H11Cl3N2O. The van der Waals surface area contributed by atoms with E-state index in [1.54, 1.807) is 24.3 Å². The first-order valence-corrected chi connectivity index (χ1v) is 6.76. The Morgan fingerprint density at radius 1 is 1.00 bits per heavy atom. The van der Waals surface area contributed by atoms with Crippen LogP contribution in [0.15, 0.2) is 24.3 Å². The zero-order chi connectivity index (χ0) is 14.0.